The molecule has 16 heavy (non-hydrogen) atoms. The van der Waals surface area contributed by atoms with Gasteiger partial charge in [-0.2, -0.15) is 0 Å². The molecule has 1 fully saturated rings. The van der Waals surface area contributed by atoms with E-state index in [2.05, 4.69) is 23.5 Å². The van der Waals surface area contributed by atoms with E-state index in [0.29, 0.717) is 13.1 Å². The summed E-state index contributed by atoms with van der Waals surface area (Å²) in [5.41, 5.74) is 1.17. The number of nitrogens with one attached hydrogen (secondary N) is 1. The Morgan fingerprint density at radius 3 is 3.06 bits per heavy atom. The summed E-state index contributed by atoms with van der Waals surface area (Å²) in [6.07, 6.45) is 3.05. The van der Waals surface area contributed by atoms with Crippen molar-refractivity contribution in [3.63, 3.8) is 0 Å². The Bertz CT molecular complexity index is 547. The van der Waals surface area contributed by atoms with E-state index < -0.39 is 0 Å². The van der Waals surface area contributed by atoms with Crippen LogP contribution in [-0.4, -0.2) is 30.4 Å². The molecule has 0 spiro atoms. The van der Waals surface area contributed by atoms with Crippen molar-refractivity contribution in [2.75, 3.05) is 19.6 Å². The van der Waals surface area contributed by atoms with Crippen molar-refractivity contribution in [1.29, 1.82) is 0 Å². The molecule has 1 saturated heterocycles. The zero-order chi connectivity index (χ0) is 11.0. The minimum absolute atomic E-state index is 0.179. The maximum atomic E-state index is 11.9. The number of hydrogen-bond acceptors (Lipinski definition) is 2. The molecule has 1 aromatic carbocycles. The molecular weight excluding hydrogens is 200 g/mol. The molecule has 2 heterocycles. The lowest BCUT2D eigenvalue weighted by Crippen LogP contribution is -2.43. The quantitative estimate of drug-likeness (QED) is 0.626. The van der Waals surface area contributed by atoms with E-state index in [0.717, 1.165) is 13.0 Å². The molecule has 1 N–H and O–H groups in total. The lowest BCUT2D eigenvalue weighted by atomic mass is 10.1. The van der Waals surface area contributed by atoms with E-state index in [1.165, 1.54) is 16.1 Å². The molecule has 3 nitrogen and oxygen atoms in total. The highest BCUT2D eigenvalue weighted by atomic mass is 16.2. The number of nitrogens with zero attached hydrogens (tertiary/aromatic N) is 1. The lowest BCUT2D eigenvalue weighted by Gasteiger charge is -2.24. The lowest BCUT2D eigenvalue weighted by molar-refractivity contribution is -0.126. The summed E-state index contributed by atoms with van der Waals surface area (Å²) in [7, 11) is 0. The molecule has 3 heteroatoms. The van der Waals surface area contributed by atoms with Crippen LogP contribution in [0.3, 0.4) is 0 Å². The molecule has 1 amide bonds. The van der Waals surface area contributed by atoms with Gasteiger partial charge in [-0.3, -0.25) is 4.79 Å². The molecule has 0 radical (unpaired) electrons. The molecule has 0 atom stereocenters. The van der Waals surface area contributed by atoms with Gasteiger partial charge in [0.05, 0.1) is 6.54 Å². The molecule has 3 rings (SSSR count). The Balaban J connectivity index is 2.25. The van der Waals surface area contributed by atoms with Crippen LogP contribution in [0.15, 0.2) is 24.3 Å². The highest BCUT2D eigenvalue weighted by Gasteiger charge is 2.22. The zero-order valence-electron chi connectivity index (χ0n) is 9.07. The Kier molecular flexibility index (Phi) is 2.26. The van der Waals surface area contributed by atoms with Crippen LogP contribution in [-0.2, 0) is 4.79 Å². The van der Waals surface area contributed by atoms with Crippen molar-refractivity contribution in [3.05, 3.63) is 34.7 Å². The van der Waals surface area contributed by atoms with Crippen LogP contribution in [0.5, 0.6) is 0 Å². The van der Waals surface area contributed by atoms with Gasteiger partial charge in [-0.25, -0.2) is 0 Å². The SMILES string of the molecule is O=C1CNCCC2=c3ccccc3=CCN12. The first kappa shape index (κ1) is 9.60. The number of carbonyl (C=O) groups is 1. The van der Waals surface area contributed by atoms with E-state index in [4.69, 9.17) is 0 Å². The van der Waals surface area contributed by atoms with Crippen LogP contribution in [0.25, 0.3) is 11.8 Å². The van der Waals surface area contributed by atoms with E-state index in [-0.39, 0.29) is 5.91 Å². The number of fused-ring (bicyclic) bond motifs is 2. The topological polar surface area (TPSA) is 32.3 Å². The van der Waals surface area contributed by atoms with Gasteiger partial charge in [-0.1, -0.05) is 30.3 Å². The minimum atomic E-state index is 0.179. The molecule has 0 unspecified atom stereocenters. The van der Waals surface area contributed by atoms with Gasteiger partial charge in [-0.15, -0.1) is 0 Å². The summed E-state index contributed by atoms with van der Waals surface area (Å²) >= 11 is 0. The molecule has 0 bridgehead atoms. The van der Waals surface area contributed by atoms with Crippen LogP contribution in [0.2, 0.25) is 0 Å². The minimum Gasteiger partial charge on any atom is -0.311 e. The third-order valence-electron chi connectivity index (χ3n) is 3.21. The highest BCUT2D eigenvalue weighted by Crippen LogP contribution is 2.12. The first-order valence-electron chi connectivity index (χ1n) is 5.66. The summed E-state index contributed by atoms with van der Waals surface area (Å²) in [6, 6.07) is 8.29. The Labute approximate surface area is 94.1 Å². The van der Waals surface area contributed by atoms with Crippen molar-refractivity contribution in [3.8, 4) is 0 Å². The summed E-state index contributed by atoms with van der Waals surface area (Å²) in [5.74, 6) is 0.179. The largest absolute Gasteiger partial charge is 0.311 e. The molecule has 82 valence electrons. The third-order valence-corrected chi connectivity index (χ3v) is 3.21. The number of carbonyl (C=O) groups excluding carboxylic acids is 1. The summed E-state index contributed by atoms with van der Waals surface area (Å²) < 4.78 is 0. The Morgan fingerprint density at radius 1 is 1.25 bits per heavy atom. The summed E-state index contributed by atoms with van der Waals surface area (Å²) in [6.45, 7) is 2.05. The Morgan fingerprint density at radius 2 is 2.12 bits per heavy atom. The fourth-order valence-corrected chi connectivity index (χ4v) is 2.40. The predicted molar refractivity (Wildman–Crippen MR) is 62.8 cm³/mol. The standard InChI is InChI=1S/C13H14N2O/c16-13-9-14-7-5-12-11-4-2-1-3-10(11)6-8-15(12)13/h1-4,6,14H,5,7-9H2. The average Bonchev–Trinajstić information content (AvgIpc) is 2.52. The molecule has 0 aromatic heterocycles. The van der Waals surface area contributed by atoms with Crippen molar-refractivity contribution < 1.29 is 4.79 Å². The molecule has 2 aliphatic heterocycles. The molecule has 1 aromatic rings. The number of benzene rings is 1. The van der Waals surface area contributed by atoms with Crippen molar-refractivity contribution in [2.45, 2.75) is 6.42 Å². The second-order valence-corrected chi connectivity index (χ2v) is 4.17. The zero-order valence-corrected chi connectivity index (χ0v) is 9.07. The maximum absolute atomic E-state index is 11.9. The van der Waals surface area contributed by atoms with Gasteiger partial charge in [0, 0.05) is 30.4 Å². The van der Waals surface area contributed by atoms with Gasteiger partial charge in [0.1, 0.15) is 0 Å². The fraction of sp³-hybridized carbons (Fsp3) is 0.308. The van der Waals surface area contributed by atoms with E-state index in [9.17, 15) is 4.79 Å². The van der Waals surface area contributed by atoms with E-state index in [1.54, 1.807) is 0 Å². The van der Waals surface area contributed by atoms with Gasteiger partial charge in [0.2, 0.25) is 5.91 Å². The predicted octanol–water partition coefficient (Wildman–Crippen LogP) is -0.589. The summed E-state index contributed by atoms with van der Waals surface area (Å²) in [5, 5.41) is 5.63. The van der Waals surface area contributed by atoms with Crippen LogP contribution >= 0.6 is 0 Å². The maximum Gasteiger partial charge on any atom is 0.240 e. The second-order valence-electron chi connectivity index (χ2n) is 4.17. The van der Waals surface area contributed by atoms with Crippen LogP contribution in [0.4, 0.5) is 0 Å². The molecule has 0 aliphatic carbocycles. The van der Waals surface area contributed by atoms with Gasteiger partial charge in [0.25, 0.3) is 0 Å². The van der Waals surface area contributed by atoms with Gasteiger partial charge < -0.3 is 10.2 Å². The number of amides is 1. The molecule has 2 aliphatic rings. The molecule has 0 saturated carbocycles. The van der Waals surface area contributed by atoms with Crippen molar-refractivity contribution >= 4 is 17.7 Å². The van der Waals surface area contributed by atoms with Crippen LogP contribution < -0.4 is 15.8 Å². The molecular formula is C13H14N2O. The van der Waals surface area contributed by atoms with Crippen LogP contribution in [0, 0.1) is 0 Å². The van der Waals surface area contributed by atoms with Crippen LogP contribution in [0.1, 0.15) is 6.42 Å². The van der Waals surface area contributed by atoms with Crippen molar-refractivity contribution in [1.82, 2.24) is 10.2 Å². The number of hydrogen-bond donors (Lipinski definition) is 1. The monoisotopic (exact) mass is 214 g/mol. The van der Waals surface area contributed by atoms with E-state index >= 15 is 0 Å². The first-order chi connectivity index (χ1) is 7.86. The van der Waals surface area contributed by atoms with Gasteiger partial charge in [-0.05, 0) is 5.22 Å². The average molecular weight is 214 g/mol. The first-order valence-corrected chi connectivity index (χ1v) is 5.66. The Hall–Kier alpha value is -1.61. The highest BCUT2D eigenvalue weighted by molar-refractivity contribution is 5.86. The van der Waals surface area contributed by atoms with E-state index in [1.807, 2.05) is 17.0 Å². The summed E-state index contributed by atoms with van der Waals surface area (Å²) in [4.78, 5) is 13.8. The van der Waals surface area contributed by atoms with Gasteiger partial charge in [0.15, 0.2) is 0 Å². The third kappa shape index (κ3) is 1.44. The number of rotatable bonds is 0. The van der Waals surface area contributed by atoms with Crippen molar-refractivity contribution in [2.24, 2.45) is 0 Å². The van der Waals surface area contributed by atoms with Gasteiger partial charge >= 0.3 is 0 Å². The second kappa shape index (κ2) is 3.76. The normalized spacial score (nSPS) is 19.6. The fourth-order valence-electron chi connectivity index (χ4n) is 2.40. The smallest absolute Gasteiger partial charge is 0.240 e.